The number of aryl methyl sites for hydroxylation is 1. The zero-order chi connectivity index (χ0) is 18.0. The quantitative estimate of drug-likeness (QED) is 0.737. The van der Waals surface area contributed by atoms with E-state index in [0.29, 0.717) is 28.7 Å². The molecule has 25 heavy (non-hydrogen) atoms. The van der Waals surface area contributed by atoms with E-state index in [9.17, 15) is 14.0 Å². The predicted molar refractivity (Wildman–Crippen MR) is 89.9 cm³/mol. The molecule has 1 atom stereocenters. The fourth-order valence-corrected chi connectivity index (χ4v) is 2.52. The first kappa shape index (κ1) is 16.8. The zero-order valence-electron chi connectivity index (χ0n) is 13.7. The lowest BCUT2D eigenvalue weighted by Gasteiger charge is -2.14. The number of hydrogen-bond donors (Lipinski definition) is 1. The van der Waals surface area contributed by atoms with Crippen LogP contribution in [0.5, 0.6) is 0 Å². The molecule has 0 aliphatic rings. The lowest BCUT2D eigenvalue weighted by atomic mass is 10.1. The van der Waals surface area contributed by atoms with Crippen molar-refractivity contribution in [2.45, 2.75) is 26.4 Å². The maximum Gasteiger partial charge on any atom is 0.340 e. The van der Waals surface area contributed by atoms with Gasteiger partial charge in [-0.3, -0.25) is 14.8 Å². The molecule has 3 aromatic rings. The molecule has 0 saturated heterocycles. The number of H-pyrrole nitrogens is 1. The van der Waals surface area contributed by atoms with Crippen LogP contribution in [0.4, 0.5) is 4.39 Å². The van der Waals surface area contributed by atoms with Crippen LogP contribution in [-0.2, 0) is 11.2 Å². The summed E-state index contributed by atoms with van der Waals surface area (Å²) in [5.74, 6) is -0.985. The lowest BCUT2D eigenvalue weighted by Crippen LogP contribution is -2.19. The second-order valence-electron chi connectivity index (χ2n) is 5.75. The third-order valence-electron chi connectivity index (χ3n) is 3.76. The number of aromatic nitrogens is 3. The van der Waals surface area contributed by atoms with Crippen molar-refractivity contribution in [1.29, 1.82) is 0 Å². The number of esters is 1. The monoisotopic (exact) mass is 341 g/mol. The molecule has 0 aliphatic carbocycles. The molecule has 6 nitrogen and oxygen atoms in total. The van der Waals surface area contributed by atoms with E-state index in [2.05, 4.69) is 15.0 Å². The van der Waals surface area contributed by atoms with Gasteiger partial charge in [-0.15, -0.1) is 0 Å². The van der Waals surface area contributed by atoms with Crippen LogP contribution >= 0.6 is 0 Å². The first-order chi connectivity index (χ1) is 11.9. The zero-order valence-corrected chi connectivity index (χ0v) is 13.7. The standard InChI is InChI=1S/C18H16FN3O3/c1-10(7-13-4-3-12(19)9-21-13)25-18(24)14-8-15-16(22-11(14)2)5-6-20-17(15)23/h3-6,8-10H,7H2,1-2H3,(H,20,23). The first-order valence-corrected chi connectivity index (χ1v) is 7.74. The Morgan fingerprint density at radius 3 is 2.88 bits per heavy atom. The van der Waals surface area contributed by atoms with Crippen LogP contribution in [0.3, 0.4) is 0 Å². The topological polar surface area (TPSA) is 84.9 Å². The Labute approximate surface area is 142 Å². The van der Waals surface area contributed by atoms with Crippen molar-refractivity contribution in [2.24, 2.45) is 0 Å². The summed E-state index contributed by atoms with van der Waals surface area (Å²) in [5, 5.41) is 0.327. The Bertz CT molecular complexity index is 983. The molecule has 0 fully saturated rings. The Morgan fingerprint density at radius 2 is 2.16 bits per heavy atom. The van der Waals surface area contributed by atoms with E-state index < -0.39 is 17.9 Å². The third kappa shape index (κ3) is 3.71. The average Bonchev–Trinajstić information content (AvgIpc) is 2.56. The van der Waals surface area contributed by atoms with Gasteiger partial charge in [0.1, 0.15) is 11.9 Å². The summed E-state index contributed by atoms with van der Waals surface area (Å²) in [5.41, 5.74) is 1.54. The minimum absolute atomic E-state index is 0.239. The molecule has 128 valence electrons. The molecule has 3 rings (SSSR count). The Balaban J connectivity index is 1.79. The van der Waals surface area contributed by atoms with Gasteiger partial charge in [0, 0.05) is 18.3 Å². The van der Waals surface area contributed by atoms with Crippen molar-refractivity contribution in [1.82, 2.24) is 15.0 Å². The maximum absolute atomic E-state index is 12.9. The van der Waals surface area contributed by atoms with E-state index in [-0.39, 0.29) is 11.1 Å². The molecule has 0 aliphatic heterocycles. The smallest absolute Gasteiger partial charge is 0.340 e. The number of aromatic amines is 1. The summed E-state index contributed by atoms with van der Waals surface area (Å²) in [7, 11) is 0. The number of carbonyl (C=O) groups is 1. The van der Waals surface area contributed by atoms with Gasteiger partial charge in [-0.1, -0.05) is 0 Å². The van der Waals surface area contributed by atoms with Gasteiger partial charge in [0.15, 0.2) is 0 Å². The summed E-state index contributed by atoms with van der Waals surface area (Å²) in [6.45, 7) is 3.41. The van der Waals surface area contributed by atoms with Gasteiger partial charge >= 0.3 is 5.97 Å². The van der Waals surface area contributed by atoms with E-state index in [1.807, 2.05) is 0 Å². The summed E-state index contributed by atoms with van der Waals surface area (Å²) in [6.07, 6.45) is 2.52. The molecule has 0 amide bonds. The Hall–Kier alpha value is -3.09. The van der Waals surface area contributed by atoms with E-state index >= 15 is 0 Å². The van der Waals surface area contributed by atoms with Crippen LogP contribution in [-0.4, -0.2) is 27.0 Å². The minimum Gasteiger partial charge on any atom is -0.459 e. The van der Waals surface area contributed by atoms with Gasteiger partial charge in [0.05, 0.1) is 28.4 Å². The maximum atomic E-state index is 12.9. The molecule has 3 aromatic heterocycles. The highest BCUT2D eigenvalue weighted by molar-refractivity contribution is 5.94. The van der Waals surface area contributed by atoms with E-state index in [0.717, 1.165) is 6.20 Å². The average molecular weight is 341 g/mol. The number of hydrogen-bond acceptors (Lipinski definition) is 5. The molecular weight excluding hydrogens is 325 g/mol. The van der Waals surface area contributed by atoms with Crippen molar-refractivity contribution in [3.05, 3.63) is 69.8 Å². The van der Waals surface area contributed by atoms with Gasteiger partial charge in [0.2, 0.25) is 0 Å². The summed E-state index contributed by atoms with van der Waals surface area (Å²) in [4.78, 5) is 35.1. The molecule has 0 spiro atoms. The lowest BCUT2D eigenvalue weighted by molar-refractivity contribution is 0.0340. The third-order valence-corrected chi connectivity index (χ3v) is 3.76. The highest BCUT2D eigenvalue weighted by Crippen LogP contribution is 2.15. The van der Waals surface area contributed by atoms with Crippen molar-refractivity contribution in [3.63, 3.8) is 0 Å². The van der Waals surface area contributed by atoms with Crippen LogP contribution in [0, 0.1) is 12.7 Å². The highest BCUT2D eigenvalue weighted by Gasteiger charge is 2.17. The number of nitrogens with zero attached hydrogens (tertiary/aromatic N) is 2. The molecule has 1 unspecified atom stereocenters. The number of rotatable bonds is 4. The number of ether oxygens (including phenoxy) is 1. The van der Waals surface area contributed by atoms with E-state index in [1.165, 1.54) is 18.3 Å². The fourth-order valence-electron chi connectivity index (χ4n) is 2.52. The van der Waals surface area contributed by atoms with Crippen LogP contribution in [0.2, 0.25) is 0 Å². The molecular formula is C18H16FN3O3. The SMILES string of the molecule is Cc1nc2cc[nH]c(=O)c2cc1C(=O)OC(C)Cc1ccc(F)cn1. The molecule has 0 bridgehead atoms. The second kappa shape index (κ2) is 6.80. The molecule has 0 radical (unpaired) electrons. The normalized spacial score (nSPS) is 12.1. The summed E-state index contributed by atoms with van der Waals surface area (Å²) < 4.78 is 18.3. The minimum atomic E-state index is -0.565. The second-order valence-corrected chi connectivity index (χ2v) is 5.75. The Morgan fingerprint density at radius 1 is 1.36 bits per heavy atom. The van der Waals surface area contributed by atoms with E-state index in [1.54, 1.807) is 26.0 Å². The molecule has 0 aromatic carbocycles. The fraction of sp³-hybridized carbons (Fsp3) is 0.222. The van der Waals surface area contributed by atoms with Crippen LogP contribution in [0.1, 0.15) is 28.7 Å². The summed E-state index contributed by atoms with van der Waals surface area (Å²) in [6, 6.07) is 6.01. The molecule has 3 heterocycles. The van der Waals surface area contributed by atoms with Crippen LogP contribution in [0.25, 0.3) is 10.9 Å². The predicted octanol–water partition coefficient (Wildman–Crippen LogP) is 2.55. The largest absolute Gasteiger partial charge is 0.459 e. The van der Waals surface area contributed by atoms with Gasteiger partial charge in [-0.2, -0.15) is 0 Å². The van der Waals surface area contributed by atoms with Crippen LogP contribution < -0.4 is 5.56 Å². The number of fused-ring (bicyclic) bond motifs is 1. The Kier molecular flexibility index (Phi) is 4.56. The number of pyridine rings is 3. The van der Waals surface area contributed by atoms with Crippen molar-refractivity contribution >= 4 is 16.9 Å². The highest BCUT2D eigenvalue weighted by atomic mass is 19.1. The van der Waals surface area contributed by atoms with Crippen molar-refractivity contribution < 1.29 is 13.9 Å². The number of carbonyl (C=O) groups excluding carboxylic acids is 1. The molecule has 1 N–H and O–H groups in total. The van der Waals surface area contributed by atoms with Gasteiger partial charge in [0.25, 0.3) is 5.56 Å². The number of nitrogens with one attached hydrogen (secondary N) is 1. The van der Waals surface area contributed by atoms with Gasteiger partial charge in [-0.05, 0) is 38.1 Å². The molecule has 0 saturated carbocycles. The molecule has 7 heteroatoms. The van der Waals surface area contributed by atoms with Crippen LogP contribution in [0.15, 0.2) is 41.5 Å². The van der Waals surface area contributed by atoms with E-state index in [4.69, 9.17) is 4.74 Å². The summed E-state index contributed by atoms with van der Waals surface area (Å²) >= 11 is 0. The van der Waals surface area contributed by atoms with Crippen molar-refractivity contribution in [3.8, 4) is 0 Å². The van der Waals surface area contributed by atoms with Gasteiger partial charge in [-0.25, -0.2) is 9.18 Å². The van der Waals surface area contributed by atoms with Gasteiger partial charge < -0.3 is 9.72 Å². The van der Waals surface area contributed by atoms with Crippen molar-refractivity contribution in [2.75, 3.05) is 0 Å². The first-order valence-electron chi connectivity index (χ1n) is 7.74. The number of halogens is 1.